The highest BCUT2D eigenvalue weighted by atomic mass is 16.5. The van der Waals surface area contributed by atoms with Gasteiger partial charge in [-0.2, -0.15) is 4.98 Å². The van der Waals surface area contributed by atoms with E-state index in [9.17, 15) is 14.4 Å². The number of nitrogens with two attached hydrogens (primary N) is 1. The molecule has 1 saturated heterocycles. The molecule has 1 fully saturated rings. The Kier molecular flexibility index (Phi) is 4.55. The van der Waals surface area contributed by atoms with E-state index in [-0.39, 0.29) is 11.2 Å². The van der Waals surface area contributed by atoms with Crippen LogP contribution in [0, 0.1) is 6.92 Å². The molecular formula is C17H23N7O4. The van der Waals surface area contributed by atoms with Gasteiger partial charge in [0.15, 0.2) is 11.2 Å². The van der Waals surface area contributed by atoms with E-state index in [0.717, 1.165) is 43.1 Å². The molecule has 1 amide bonds. The second kappa shape index (κ2) is 6.91. The summed E-state index contributed by atoms with van der Waals surface area (Å²) >= 11 is 0. The Bertz CT molecular complexity index is 1180. The lowest BCUT2D eigenvalue weighted by atomic mass is 10.4. The Balaban J connectivity index is 1.82. The lowest BCUT2D eigenvalue weighted by molar-refractivity contribution is -0.118. The topological polar surface area (TPSA) is 122 Å². The molecule has 1 aliphatic heterocycles. The number of amides is 1. The van der Waals surface area contributed by atoms with Crippen molar-refractivity contribution in [3.05, 3.63) is 32.7 Å². The molecule has 11 nitrogen and oxygen atoms in total. The zero-order chi connectivity index (χ0) is 20.0. The number of ether oxygens (including phenoxy) is 1. The molecule has 0 saturated carbocycles. The average molecular weight is 389 g/mol. The molecule has 0 aliphatic carbocycles. The Labute approximate surface area is 159 Å². The molecule has 150 valence electrons. The van der Waals surface area contributed by atoms with E-state index in [4.69, 9.17) is 10.5 Å². The Morgan fingerprint density at radius 3 is 2.61 bits per heavy atom. The average Bonchev–Trinajstić information content (AvgIpc) is 3.17. The molecule has 0 bridgehead atoms. The summed E-state index contributed by atoms with van der Waals surface area (Å²) in [4.78, 5) is 43.5. The SMILES string of the molecule is Cc1cn2c3c(=O)n(CC(N)=O)c(=O)n(C)c3nc2n1CCN1CCOCC1. The van der Waals surface area contributed by atoms with Crippen molar-refractivity contribution in [3.63, 3.8) is 0 Å². The molecule has 0 spiro atoms. The molecule has 0 radical (unpaired) electrons. The van der Waals surface area contributed by atoms with Crippen LogP contribution in [0.25, 0.3) is 16.9 Å². The number of hydrogen-bond acceptors (Lipinski definition) is 6. The Morgan fingerprint density at radius 2 is 1.93 bits per heavy atom. The summed E-state index contributed by atoms with van der Waals surface area (Å²) in [6.45, 7) is 6.26. The van der Waals surface area contributed by atoms with Crippen LogP contribution in [0.3, 0.4) is 0 Å². The summed E-state index contributed by atoms with van der Waals surface area (Å²) in [5.74, 6) is -0.164. The van der Waals surface area contributed by atoms with Crippen molar-refractivity contribution in [2.75, 3.05) is 32.8 Å². The molecule has 2 N–H and O–H groups in total. The lowest BCUT2D eigenvalue weighted by Gasteiger charge is -2.26. The van der Waals surface area contributed by atoms with Crippen molar-refractivity contribution in [3.8, 4) is 0 Å². The number of morpholine rings is 1. The van der Waals surface area contributed by atoms with Gasteiger partial charge in [0, 0.05) is 45.1 Å². The van der Waals surface area contributed by atoms with Gasteiger partial charge in [-0.3, -0.25) is 23.5 Å². The predicted octanol–water partition coefficient (Wildman–Crippen LogP) is -1.72. The Hall–Kier alpha value is -2.92. The number of aromatic nitrogens is 5. The maximum Gasteiger partial charge on any atom is 0.332 e. The number of nitrogens with zero attached hydrogens (tertiary/aromatic N) is 6. The maximum absolute atomic E-state index is 12.9. The van der Waals surface area contributed by atoms with Gasteiger partial charge in [-0.25, -0.2) is 9.36 Å². The van der Waals surface area contributed by atoms with E-state index < -0.39 is 23.7 Å². The normalized spacial score (nSPS) is 15.6. The van der Waals surface area contributed by atoms with E-state index in [1.54, 1.807) is 4.40 Å². The minimum atomic E-state index is -0.751. The monoisotopic (exact) mass is 389 g/mol. The molecule has 4 heterocycles. The van der Waals surface area contributed by atoms with Crippen LogP contribution < -0.4 is 17.0 Å². The first-order valence-corrected chi connectivity index (χ1v) is 9.14. The molecule has 28 heavy (non-hydrogen) atoms. The largest absolute Gasteiger partial charge is 0.379 e. The number of hydrogen-bond donors (Lipinski definition) is 1. The van der Waals surface area contributed by atoms with E-state index in [2.05, 4.69) is 9.88 Å². The van der Waals surface area contributed by atoms with Gasteiger partial charge >= 0.3 is 5.69 Å². The number of imidazole rings is 2. The Morgan fingerprint density at radius 1 is 1.21 bits per heavy atom. The number of aryl methyl sites for hydroxylation is 2. The summed E-state index contributed by atoms with van der Waals surface area (Å²) in [7, 11) is 1.53. The summed E-state index contributed by atoms with van der Waals surface area (Å²) in [5.41, 5.74) is 5.50. The molecule has 4 rings (SSSR count). The van der Waals surface area contributed by atoms with Crippen LogP contribution in [0.5, 0.6) is 0 Å². The fraction of sp³-hybridized carbons (Fsp3) is 0.529. The fourth-order valence-electron chi connectivity index (χ4n) is 3.69. The fourth-order valence-corrected chi connectivity index (χ4v) is 3.69. The molecule has 0 atom stereocenters. The minimum absolute atomic E-state index is 0.256. The highest BCUT2D eigenvalue weighted by molar-refractivity contribution is 5.77. The third-order valence-corrected chi connectivity index (χ3v) is 5.20. The first kappa shape index (κ1) is 18.4. The second-order valence-corrected chi connectivity index (χ2v) is 7.03. The lowest BCUT2D eigenvalue weighted by Crippen LogP contribution is -2.42. The molecule has 3 aromatic heterocycles. The zero-order valence-corrected chi connectivity index (χ0v) is 15.9. The van der Waals surface area contributed by atoms with Crippen molar-refractivity contribution >= 4 is 22.8 Å². The molecule has 1 aliphatic rings. The predicted molar refractivity (Wildman–Crippen MR) is 101 cm³/mol. The third kappa shape index (κ3) is 2.92. The molecular weight excluding hydrogens is 366 g/mol. The quantitative estimate of drug-likeness (QED) is 0.554. The highest BCUT2D eigenvalue weighted by Crippen LogP contribution is 2.16. The maximum atomic E-state index is 12.9. The summed E-state index contributed by atoms with van der Waals surface area (Å²) in [6.07, 6.45) is 1.82. The molecule has 0 aromatic carbocycles. The van der Waals surface area contributed by atoms with Crippen LogP contribution in [-0.4, -0.2) is 66.7 Å². The van der Waals surface area contributed by atoms with Gasteiger partial charge in [0.05, 0.1) is 13.2 Å². The smallest absolute Gasteiger partial charge is 0.332 e. The number of fused-ring (bicyclic) bond motifs is 3. The van der Waals surface area contributed by atoms with E-state index in [1.165, 1.54) is 11.6 Å². The van der Waals surface area contributed by atoms with Crippen LogP contribution in [0.2, 0.25) is 0 Å². The van der Waals surface area contributed by atoms with E-state index in [0.29, 0.717) is 12.3 Å². The van der Waals surface area contributed by atoms with Gasteiger partial charge in [-0.1, -0.05) is 0 Å². The van der Waals surface area contributed by atoms with Crippen molar-refractivity contribution in [1.29, 1.82) is 0 Å². The standard InChI is InChI=1S/C17H23N7O4/c1-11-9-23-13-14(20(2)17(27)24(15(13)26)10-12(18)25)19-16(23)22(11)4-3-21-5-7-28-8-6-21/h9H,3-8,10H2,1-2H3,(H2,18,25). The number of primary amides is 1. The van der Waals surface area contributed by atoms with E-state index in [1.807, 2.05) is 17.7 Å². The van der Waals surface area contributed by atoms with Gasteiger partial charge in [-0.05, 0) is 6.92 Å². The van der Waals surface area contributed by atoms with Crippen LogP contribution in [0.1, 0.15) is 5.69 Å². The second-order valence-electron chi connectivity index (χ2n) is 7.03. The van der Waals surface area contributed by atoms with Gasteiger partial charge in [-0.15, -0.1) is 0 Å². The summed E-state index contributed by atoms with van der Waals surface area (Å²) in [5, 5.41) is 0. The summed E-state index contributed by atoms with van der Waals surface area (Å²) in [6, 6.07) is 0. The minimum Gasteiger partial charge on any atom is -0.379 e. The first-order valence-electron chi connectivity index (χ1n) is 9.14. The molecule has 11 heteroatoms. The first-order chi connectivity index (χ1) is 13.4. The van der Waals surface area contributed by atoms with Gasteiger partial charge in [0.25, 0.3) is 5.56 Å². The van der Waals surface area contributed by atoms with Crippen LogP contribution in [-0.2, 0) is 29.7 Å². The third-order valence-electron chi connectivity index (χ3n) is 5.20. The molecule has 3 aromatic rings. The molecule has 0 unspecified atom stereocenters. The number of carbonyl (C=O) groups excluding carboxylic acids is 1. The zero-order valence-electron chi connectivity index (χ0n) is 15.9. The van der Waals surface area contributed by atoms with Gasteiger partial charge in [0.2, 0.25) is 11.7 Å². The number of carbonyl (C=O) groups is 1. The van der Waals surface area contributed by atoms with Crippen LogP contribution in [0.4, 0.5) is 0 Å². The van der Waals surface area contributed by atoms with Crippen LogP contribution in [0.15, 0.2) is 15.8 Å². The van der Waals surface area contributed by atoms with Crippen molar-refractivity contribution in [2.45, 2.75) is 20.0 Å². The van der Waals surface area contributed by atoms with Gasteiger partial charge in [0.1, 0.15) is 6.54 Å². The van der Waals surface area contributed by atoms with Crippen molar-refractivity contribution < 1.29 is 9.53 Å². The highest BCUT2D eigenvalue weighted by Gasteiger charge is 2.21. The van der Waals surface area contributed by atoms with E-state index >= 15 is 0 Å². The summed E-state index contributed by atoms with van der Waals surface area (Å²) < 4.78 is 11.2. The number of rotatable bonds is 5. The van der Waals surface area contributed by atoms with Crippen molar-refractivity contribution in [1.82, 2.24) is 28.0 Å². The van der Waals surface area contributed by atoms with Crippen LogP contribution >= 0.6 is 0 Å². The van der Waals surface area contributed by atoms with Gasteiger partial charge < -0.3 is 15.0 Å². The van der Waals surface area contributed by atoms with Crippen molar-refractivity contribution in [2.24, 2.45) is 12.8 Å².